The van der Waals surface area contributed by atoms with Crippen LogP contribution in [0.15, 0.2) is 18.5 Å². The van der Waals surface area contributed by atoms with Crippen LogP contribution < -0.4 is 16.0 Å². The molecule has 0 amide bonds. The van der Waals surface area contributed by atoms with Crippen molar-refractivity contribution in [3.63, 3.8) is 0 Å². The highest BCUT2D eigenvalue weighted by atomic mass is 16.5. The van der Waals surface area contributed by atoms with E-state index < -0.39 is 0 Å². The van der Waals surface area contributed by atoms with E-state index >= 15 is 0 Å². The fourth-order valence-corrected chi connectivity index (χ4v) is 2.57. The number of hydrogen-bond donors (Lipinski definition) is 3. The number of rotatable bonds is 8. The van der Waals surface area contributed by atoms with Gasteiger partial charge in [0.1, 0.15) is 11.9 Å². The van der Waals surface area contributed by atoms with Crippen molar-refractivity contribution in [2.45, 2.75) is 12.5 Å². The number of methoxy groups -OCH3 is 1. The number of morpholine rings is 1. The molecule has 0 spiro atoms. The van der Waals surface area contributed by atoms with Gasteiger partial charge in [0.15, 0.2) is 11.5 Å². The van der Waals surface area contributed by atoms with Crippen molar-refractivity contribution in [2.24, 2.45) is 0 Å². The topological polar surface area (TPSA) is 130 Å². The second kappa shape index (κ2) is 9.72. The highest BCUT2D eigenvalue weighted by molar-refractivity contribution is 5.59. The van der Waals surface area contributed by atoms with Gasteiger partial charge in [0, 0.05) is 39.2 Å². The van der Waals surface area contributed by atoms with Gasteiger partial charge < -0.3 is 25.4 Å². The zero-order valence-electron chi connectivity index (χ0n) is 15.1. The van der Waals surface area contributed by atoms with Crippen molar-refractivity contribution in [2.75, 3.05) is 50.6 Å². The number of hydrogen-bond acceptors (Lipinski definition) is 10. The summed E-state index contributed by atoms with van der Waals surface area (Å²) >= 11 is 0. The van der Waals surface area contributed by atoms with Crippen molar-refractivity contribution in [3.8, 4) is 6.07 Å². The summed E-state index contributed by atoms with van der Waals surface area (Å²) in [6.45, 7) is 3.62. The summed E-state index contributed by atoms with van der Waals surface area (Å²) in [4.78, 5) is 8.11. The Hall–Kier alpha value is -2.87. The molecule has 27 heavy (non-hydrogen) atoms. The summed E-state index contributed by atoms with van der Waals surface area (Å²) in [6, 6.07) is 3.80. The van der Waals surface area contributed by atoms with Crippen LogP contribution in [0.4, 0.5) is 17.3 Å². The molecule has 3 heterocycles. The average molecular weight is 370 g/mol. The van der Waals surface area contributed by atoms with E-state index in [2.05, 4.69) is 36.1 Å². The zero-order chi connectivity index (χ0) is 18.9. The first-order valence-electron chi connectivity index (χ1n) is 8.69. The summed E-state index contributed by atoms with van der Waals surface area (Å²) in [7, 11) is 1.65. The monoisotopic (exact) mass is 370 g/mol. The Morgan fingerprint density at radius 2 is 2.26 bits per heavy atom. The van der Waals surface area contributed by atoms with Crippen LogP contribution in [0.3, 0.4) is 0 Å². The molecule has 0 saturated carbocycles. The summed E-state index contributed by atoms with van der Waals surface area (Å²) in [5.74, 6) is 1.01. The van der Waals surface area contributed by atoms with Gasteiger partial charge in [-0.1, -0.05) is 0 Å². The molecule has 1 fully saturated rings. The van der Waals surface area contributed by atoms with E-state index in [9.17, 15) is 0 Å². The third kappa shape index (κ3) is 5.55. The molecular formula is C17H22N8O2. The number of aromatic nitrogens is 4. The molecule has 10 heteroatoms. The van der Waals surface area contributed by atoms with Gasteiger partial charge in [-0.15, -0.1) is 5.10 Å². The maximum Gasteiger partial charge on any atom is 0.158 e. The van der Waals surface area contributed by atoms with Gasteiger partial charge in [-0.2, -0.15) is 10.4 Å². The van der Waals surface area contributed by atoms with Gasteiger partial charge in [-0.3, -0.25) is 0 Å². The quantitative estimate of drug-likeness (QED) is 0.603. The maximum absolute atomic E-state index is 8.79. The Balaban J connectivity index is 1.71. The van der Waals surface area contributed by atoms with Gasteiger partial charge in [0.25, 0.3) is 0 Å². The Bertz CT molecular complexity index is 771. The van der Waals surface area contributed by atoms with Crippen molar-refractivity contribution < 1.29 is 9.47 Å². The minimum absolute atomic E-state index is 0.1000. The molecule has 142 valence electrons. The number of nitrogens with zero attached hydrogens (tertiary/aromatic N) is 5. The van der Waals surface area contributed by atoms with E-state index in [0.717, 1.165) is 24.5 Å². The summed E-state index contributed by atoms with van der Waals surface area (Å²) in [6.07, 6.45) is 3.62. The second-order valence-electron chi connectivity index (χ2n) is 5.93. The lowest BCUT2D eigenvalue weighted by atomic mass is 10.2. The third-order valence-electron chi connectivity index (χ3n) is 3.96. The SMILES string of the molecule is COCCc1nnc(Nc2cnc(C#N)cn2)cc1NCC1CNCCO1. The van der Waals surface area contributed by atoms with Crippen LogP contribution >= 0.6 is 0 Å². The Labute approximate surface area is 157 Å². The van der Waals surface area contributed by atoms with E-state index in [1.165, 1.54) is 12.4 Å². The summed E-state index contributed by atoms with van der Waals surface area (Å²) in [5.41, 5.74) is 1.93. The lowest BCUT2D eigenvalue weighted by Crippen LogP contribution is -2.42. The van der Waals surface area contributed by atoms with E-state index in [0.29, 0.717) is 37.8 Å². The molecule has 0 radical (unpaired) electrons. The Morgan fingerprint density at radius 3 is 2.96 bits per heavy atom. The molecule has 1 aliphatic heterocycles. The molecule has 10 nitrogen and oxygen atoms in total. The molecule has 1 unspecified atom stereocenters. The van der Waals surface area contributed by atoms with Crippen molar-refractivity contribution in [3.05, 3.63) is 29.8 Å². The fourth-order valence-electron chi connectivity index (χ4n) is 2.57. The summed E-state index contributed by atoms with van der Waals surface area (Å²) in [5, 5.41) is 27.0. The predicted molar refractivity (Wildman–Crippen MR) is 98.7 cm³/mol. The molecule has 0 bridgehead atoms. The minimum Gasteiger partial charge on any atom is -0.384 e. The number of nitriles is 1. The summed E-state index contributed by atoms with van der Waals surface area (Å²) < 4.78 is 10.9. The molecule has 1 atom stereocenters. The zero-order valence-corrected chi connectivity index (χ0v) is 15.1. The van der Waals surface area contributed by atoms with E-state index in [-0.39, 0.29) is 11.8 Å². The average Bonchev–Trinajstić information content (AvgIpc) is 2.73. The van der Waals surface area contributed by atoms with Crippen LogP contribution in [0.1, 0.15) is 11.4 Å². The van der Waals surface area contributed by atoms with Crippen LogP contribution in [-0.4, -0.2) is 66.2 Å². The molecule has 2 aromatic heterocycles. The lowest BCUT2D eigenvalue weighted by Gasteiger charge is -2.24. The maximum atomic E-state index is 8.79. The smallest absolute Gasteiger partial charge is 0.158 e. The molecule has 3 N–H and O–H groups in total. The first kappa shape index (κ1) is 18.9. The first-order valence-corrected chi connectivity index (χ1v) is 8.69. The third-order valence-corrected chi connectivity index (χ3v) is 3.96. The van der Waals surface area contributed by atoms with Crippen LogP contribution in [0.25, 0.3) is 0 Å². The predicted octanol–water partition coefficient (Wildman–Crippen LogP) is 0.471. The normalized spacial score (nSPS) is 16.5. The van der Waals surface area contributed by atoms with Crippen LogP contribution in [0.2, 0.25) is 0 Å². The second-order valence-corrected chi connectivity index (χ2v) is 5.93. The highest BCUT2D eigenvalue weighted by Crippen LogP contribution is 2.19. The molecule has 0 aromatic carbocycles. The van der Waals surface area contributed by atoms with Crippen molar-refractivity contribution in [1.82, 2.24) is 25.5 Å². The molecule has 2 aromatic rings. The van der Waals surface area contributed by atoms with Crippen LogP contribution in [-0.2, 0) is 15.9 Å². The van der Waals surface area contributed by atoms with Gasteiger partial charge >= 0.3 is 0 Å². The number of ether oxygens (including phenoxy) is 2. The lowest BCUT2D eigenvalue weighted by molar-refractivity contribution is 0.0372. The van der Waals surface area contributed by atoms with Gasteiger partial charge in [-0.05, 0) is 0 Å². The standard InChI is InChI=1S/C17H22N8O2/c1-26-4-2-14-15(21-10-13-9-19-3-5-27-13)6-16(25-24-14)23-17-11-20-12(7-18)8-22-17/h6,8,11,13,19H,2-5,9-10H2,1H3,(H2,21,22,23,25). The van der Waals surface area contributed by atoms with Crippen molar-refractivity contribution in [1.29, 1.82) is 5.26 Å². The van der Waals surface area contributed by atoms with E-state index in [4.69, 9.17) is 14.7 Å². The van der Waals surface area contributed by atoms with E-state index in [1.54, 1.807) is 7.11 Å². The molecule has 1 saturated heterocycles. The minimum atomic E-state index is 0.1000. The van der Waals surface area contributed by atoms with E-state index in [1.807, 2.05) is 12.1 Å². The van der Waals surface area contributed by atoms with Gasteiger partial charge in [0.2, 0.25) is 0 Å². The molecule has 0 aliphatic carbocycles. The van der Waals surface area contributed by atoms with Gasteiger partial charge in [0.05, 0.1) is 43.1 Å². The van der Waals surface area contributed by atoms with Crippen LogP contribution in [0.5, 0.6) is 0 Å². The van der Waals surface area contributed by atoms with Crippen LogP contribution in [0, 0.1) is 11.3 Å². The largest absolute Gasteiger partial charge is 0.384 e. The van der Waals surface area contributed by atoms with Gasteiger partial charge in [-0.25, -0.2) is 9.97 Å². The number of anilines is 3. The fraction of sp³-hybridized carbons (Fsp3) is 0.471. The first-order chi connectivity index (χ1) is 13.3. The molecular weight excluding hydrogens is 348 g/mol. The number of nitrogens with one attached hydrogen (secondary N) is 3. The molecule has 3 rings (SSSR count). The Morgan fingerprint density at radius 1 is 1.33 bits per heavy atom. The Kier molecular flexibility index (Phi) is 6.81. The highest BCUT2D eigenvalue weighted by Gasteiger charge is 2.15. The molecule has 1 aliphatic rings. The van der Waals surface area contributed by atoms with Crippen molar-refractivity contribution >= 4 is 17.3 Å².